The number of allylic oxidation sites excluding steroid dienone is 1. The van der Waals surface area contributed by atoms with E-state index in [9.17, 15) is 23.1 Å². The van der Waals surface area contributed by atoms with Crippen molar-refractivity contribution in [3.8, 4) is 11.3 Å². The third kappa shape index (κ3) is 5.03. The SMILES string of the molecule is Cc1cc(C(=O)O)nc2sc(N3CCC(/C=C/c4c(-c5ccccc5C(F)(F)F)noc4C4CC4)CC3)nc12. The van der Waals surface area contributed by atoms with Crippen molar-refractivity contribution >= 4 is 38.9 Å². The number of alkyl halides is 3. The molecule has 0 spiro atoms. The lowest BCUT2D eigenvalue weighted by atomic mass is 9.94. The Hall–Kier alpha value is -3.73. The Morgan fingerprint density at radius 1 is 1.15 bits per heavy atom. The zero-order valence-electron chi connectivity index (χ0n) is 21.0. The standard InChI is InChI=1S/C28H25F3N4O3S/c1-15-14-21(26(36)37)32-25-22(15)33-27(39-25)35-12-10-16(11-13-35)6-9-19-23(34-38-24(19)17-7-8-17)18-4-2-3-5-20(18)28(29,30)31/h2-6,9,14,16-17H,7-8,10-13H2,1H3,(H,36,37)/b9-6+. The molecule has 3 aromatic heterocycles. The van der Waals surface area contributed by atoms with Gasteiger partial charge in [-0.3, -0.25) is 0 Å². The zero-order chi connectivity index (χ0) is 27.3. The molecule has 0 bridgehead atoms. The Labute approximate surface area is 226 Å². The summed E-state index contributed by atoms with van der Waals surface area (Å²) in [5.74, 6) is 0.0318. The Kier molecular flexibility index (Phi) is 6.41. The minimum atomic E-state index is -4.49. The van der Waals surface area contributed by atoms with Crippen LogP contribution in [0.2, 0.25) is 0 Å². The minimum absolute atomic E-state index is 0.00979. The number of aromatic nitrogens is 3. The largest absolute Gasteiger partial charge is 0.477 e. The number of carbonyl (C=O) groups is 1. The lowest BCUT2D eigenvalue weighted by Crippen LogP contribution is -2.32. The van der Waals surface area contributed by atoms with Crippen molar-refractivity contribution in [1.29, 1.82) is 0 Å². The number of nitrogens with zero attached hydrogens (tertiary/aromatic N) is 4. The number of halogens is 3. The van der Waals surface area contributed by atoms with E-state index >= 15 is 0 Å². The van der Waals surface area contributed by atoms with Gasteiger partial charge in [0.05, 0.1) is 5.56 Å². The molecule has 0 atom stereocenters. The van der Waals surface area contributed by atoms with Gasteiger partial charge in [0, 0.05) is 30.1 Å². The lowest BCUT2D eigenvalue weighted by Gasteiger charge is -2.30. The molecule has 2 fully saturated rings. The number of aromatic carboxylic acids is 1. The van der Waals surface area contributed by atoms with Crippen LogP contribution in [0.4, 0.5) is 18.3 Å². The normalized spacial score (nSPS) is 17.0. The first-order chi connectivity index (χ1) is 18.7. The van der Waals surface area contributed by atoms with Crippen LogP contribution in [0.5, 0.6) is 0 Å². The van der Waals surface area contributed by atoms with Crippen molar-refractivity contribution in [2.75, 3.05) is 18.0 Å². The van der Waals surface area contributed by atoms with E-state index in [4.69, 9.17) is 9.51 Å². The first-order valence-corrected chi connectivity index (χ1v) is 13.6. The first-order valence-electron chi connectivity index (χ1n) is 12.8. The number of pyridine rings is 1. The Morgan fingerprint density at radius 2 is 1.90 bits per heavy atom. The molecule has 1 N–H and O–H groups in total. The lowest BCUT2D eigenvalue weighted by molar-refractivity contribution is -0.137. The van der Waals surface area contributed by atoms with Crippen LogP contribution in [-0.4, -0.2) is 39.3 Å². The van der Waals surface area contributed by atoms with Gasteiger partial charge in [-0.05, 0) is 56.2 Å². The van der Waals surface area contributed by atoms with Crippen molar-refractivity contribution < 1.29 is 27.6 Å². The molecule has 1 saturated heterocycles. The summed E-state index contributed by atoms with van der Waals surface area (Å²) in [4.78, 5) is 23.1. The molecule has 1 aromatic carbocycles. The molecular weight excluding hydrogens is 529 g/mol. The quantitative estimate of drug-likeness (QED) is 0.270. The van der Waals surface area contributed by atoms with Gasteiger partial charge >= 0.3 is 12.1 Å². The topological polar surface area (TPSA) is 92.3 Å². The van der Waals surface area contributed by atoms with E-state index in [1.165, 1.54) is 29.5 Å². The van der Waals surface area contributed by atoms with Crippen LogP contribution in [0.15, 0.2) is 40.9 Å². The molecule has 202 valence electrons. The average molecular weight is 555 g/mol. The highest BCUT2D eigenvalue weighted by molar-refractivity contribution is 7.21. The summed E-state index contributed by atoms with van der Waals surface area (Å²) in [6, 6.07) is 7.02. The van der Waals surface area contributed by atoms with Crippen molar-refractivity contribution in [1.82, 2.24) is 15.1 Å². The van der Waals surface area contributed by atoms with Crippen LogP contribution in [0, 0.1) is 12.8 Å². The van der Waals surface area contributed by atoms with Crippen molar-refractivity contribution in [3.05, 3.63) is 64.6 Å². The molecule has 0 radical (unpaired) electrons. The number of carboxylic acid groups (broad SMARTS) is 1. The molecule has 4 heterocycles. The monoisotopic (exact) mass is 554 g/mol. The van der Waals surface area contributed by atoms with Crippen LogP contribution in [0.25, 0.3) is 27.7 Å². The fourth-order valence-electron chi connectivity index (χ4n) is 5.05. The molecule has 11 heteroatoms. The van der Waals surface area contributed by atoms with Gasteiger partial charge in [0.1, 0.15) is 27.5 Å². The molecule has 0 unspecified atom stereocenters. The van der Waals surface area contributed by atoms with Gasteiger partial charge in [-0.2, -0.15) is 13.2 Å². The number of carboxylic acids is 1. The number of rotatable bonds is 6. The number of piperidine rings is 1. The molecule has 2 aliphatic rings. The summed E-state index contributed by atoms with van der Waals surface area (Å²) in [7, 11) is 0. The maximum atomic E-state index is 13.7. The summed E-state index contributed by atoms with van der Waals surface area (Å²) < 4.78 is 46.8. The smallest absolute Gasteiger partial charge is 0.417 e. The van der Waals surface area contributed by atoms with Crippen molar-refractivity contribution in [2.24, 2.45) is 5.92 Å². The summed E-state index contributed by atoms with van der Waals surface area (Å²) >= 11 is 1.39. The van der Waals surface area contributed by atoms with E-state index in [1.807, 2.05) is 13.0 Å². The van der Waals surface area contributed by atoms with E-state index in [2.05, 4.69) is 21.1 Å². The number of aryl methyl sites for hydroxylation is 1. The zero-order valence-corrected chi connectivity index (χ0v) is 21.8. The maximum absolute atomic E-state index is 13.7. The second-order valence-electron chi connectivity index (χ2n) is 10.1. The van der Waals surface area contributed by atoms with Crippen LogP contribution in [0.1, 0.15) is 64.5 Å². The predicted octanol–water partition coefficient (Wildman–Crippen LogP) is 7.18. The van der Waals surface area contributed by atoms with Gasteiger partial charge < -0.3 is 14.5 Å². The number of thiazole rings is 1. The molecular formula is C28H25F3N4O3S. The summed E-state index contributed by atoms with van der Waals surface area (Å²) in [6.45, 7) is 3.34. The van der Waals surface area contributed by atoms with E-state index in [-0.39, 0.29) is 28.8 Å². The van der Waals surface area contributed by atoms with Crippen LogP contribution < -0.4 is 4.90 Å². The van der Waals surface area contributed by atoms with Gasteiger partial charge in [-0.1, -0.05) is 46.8 Å². The maximum Gasteiger partial charge on any atom is 0.417 e. The highest BCUT2D eigenvalue weighted by Gasteiger charge is 2.37. The van der Waals surface area contributed by atoms with E-state index in [0.717, 1.165) is 55.5 Å². The van der Waals surface area contributed by atoms with Gasteiger partial charge in [0.15, 0.2) is 5.13 Å². The third-order valence-electron chi connectivity index (χ3n) is 7.30. The fraction of sp³-hybridized carbons (Fsp3) is 0.357. The van der Waals surface area contributed by atoms with Gasteiger partial charge in [-0.15, -0.1) is 0 Å². The summed E-state index contributed by atoms with van der Waals surface area (Å²) in [5.41, 5.74) is 1.68. The molecule has 1 saturated carbocycles. The van der Waals surface area contributed by atoms with E-state index in [1.54, 1.807) is 6.07 Å². The second-order valence-corrected chi connectivity index (χ2v) is 11.0. The van der Waals surface area contributed by atoms with Gasteiger partial charge in [-0.25, -0.2) is 14.8 Å². The predicted molar refractivity (Wildman–Crippen MR) is 142 cm³/mol. The molecule has 0 amide bonds. The number of benzene rings is 1. The molecule has 39 heavy (non-hydrogen) atoms. The Bertz CT molecular complexity index is 1580. The molecule has 1 aliphatic heterocycles. The fourth-order valence-corrected chi connectivity index (χ4v) is 6.12. The summed E-state index contributed by atoms with van der Waals surface area (Å²) in [5, 5.41) is 14.2. The molecule has 4 aromatic rings. The highest BCUT2D eigenvalue weighted by Crippen LogP contribution is 2.46. The van der Waals surface area contributed by atoms with E-state index < -0.39 is 17.7 Å². The summed E-state index contributed by atoms with van der Waals surface area (Å²) in [6.07, 6.45) is 3.05. The minimum Gasteiger partial charge on any atom is -0.477 e. The number of anilines is 1. The third-order valence-corrected chi connectivity index (χ3v) is 8.31. The number of fused-ring (bicyclic) bond motifs is 1. The number of hydrogen-bond donors (Lipinski definition) is 1. The van der Waals surface area contributed by atoms with Crippen LogP contribution in [0.3, 0.4) is 0 Å². The van der Waals surface area contributed by atoms with E-state index in [0.29, 0.717) is 21.7 Å². The molecule has 6 rings (SSSR count). The van der Waals surface area contributed by atoms with Crippen LogP contribution in [-0.2, 0) is 6.18 Å². The number of hydrogen-bond acceptors (Lipinski definition) is 7. The molecule has 7 nitrogen and oxygen atoms in total. The molecule has 1 aliphatic carbocycles. The Balaban J connectivity index is 1.21. The van der Waals surface area contributed by atoms with Crippen LogP contribution >= 0.6 is 11.3 Å². The first kappa shape index (κ1) is 25.5. The van der Waals surface area contributed by atoms with Crippen molar-refractivity contribution in [3.63, 3.8) is 0 Å². The van der Waals surface area contributed by atoms with Crippen molar-refractivity contribution in [2.45, 2.75) is 44.7 Å². The average Bonchev–Trinajstić information content (AvgIpc) is 3.51. The Morgan fingerprint density at radius 3 is 2.59 bits per heavy atom. The highest BCUT2D eigenvalue weighted by atomic mass is 32.1. The van der Waals surface area contributed by atoms with Gasteiger partial charge in [0.2, 0.25) is 0 Å². The second kappa shape index (κ2) is 9.78. The van der Waals surface area contributed by atoms with Gasteiger partial charge in [0.25, 0.3) is 0 Å².